The van der Waals surface area contributed by atoms with Crippen LogP contribution >= 0.6 is 15.9 Å². The quantitative estimate of drug-likeness (QED) is 0.781. The van der Waals surface area contributed by atoms with Crippen LogP contribution in [0, 0.1) is 0 Å². The van der Waals surface area contributed by atoms with E-state index in [0.717, 1.165) is 27.1 Å². The molecule has 2 aromatic carbocycles. The van der Waals surface area contributed by atoms with Gasteiger partial charge in [0.1, 0.15) is 30.6 Å². The average molecular weight is 363 g/mol. The Balaban J connectivity index is 1.73. The lowest BCUT2D eigenvalue weighted by Gasteiger charge is -2.16. The van der Waals surface area contributed by atoms with Crippen LogP contribution < -0.4 is 9.47 Å². The summed E-state index contributed by atoms with van der Waals surface area (Å²) in [4.78, 5) is 0. The topological polar surface area (TPSA) is 36.9 Å². The molecule has 1 heterocycles. The van der Waals surface area contributed by atoms with Crippen molar-refractivity contribution in [3.63, 3.8) is 0 Å². The molecule has 22 heavy (non-hydrogen) atoms. The molecule has 0 bridgehead atoms. The zero-order valence-corrected chi connectivity index (χ0v) is 13.6. The van der Waals surface area contributed by atoms with Gasteiger partial charge in [-0.1, -0.05) is 28.1 Å². The van der Waals surface area contributed by atoms with E-state index in [4.69, 9.17) is 18.9 Å². The van der Waals surface area contributed by atoms with Gasteiger partial charge in [0.25, 0.3) is 6.29 Å². The first-order valence-corrected chi connectivity index (χ1v) is 7.56. The predicted octanol–water partition coefficient (Wildman–Crippen LogP) is 4.55. The summed E-state index contributed by atoms with van der Waals surface area (Å²) in [7, 11) is 1.65. The monoisotopic (exact) mass is 362 g/mol. The molecule has 1 aliphatic rings. The van der Waals surface area contributed by atoms with Crippen molar-refractivity contribution < 1.29 is 18.9 Å². The maximum Gasteiger partial charge on any atom is 0.269 e. The van der Waals surface area contributed by atoms with Crippen molar-refractivity contribution in [3.8, 4) is 11.5 Å². The number of hydrogen-bond donors (Lipinski definition) is 0. The third kappa shape index (κ3) is 3.36. The molecule has 5 heteroatoms. The number of rotatable bonds is 5. The maximum atomic E-state index is 5.91. The van der Waals surface area contributed by atoms with Crippen LogP contribution in [0.4, 0.5) is 0 Å². The Labute approximate surface area is 137 Å². The fraction of sp³-hybridized carbons (Fsp3) is 0.176. The number of halogens is 1. The second kappa shape index (κ2) is 6.75. The molecule has 0 aliphatic carbocycles. The lowest BCUT2D eigenvalue weighted by atomic mass is 10.2. The van der Waals surface area contributed by atoms with Gasteiger partial charge in [-0.05, 0) is 35.9 Å². The van der Waals surface area contributed by atoms with E-state index in [1.165, 1.54) is 12.5 Å². The SMILES string of the molecule is COc1ccc(COc2ccc(Br)cc2C2OC=CO2)cc1. The highest BCUT2D eigenvalue weighted by atomic mass is 79.9. The summed E-state index contributed by atoms with van der Waals surface area (Å²) in [5.74, 6) is 1.56. The molecule has 0 N–H and O–H groups in total. The third-order valence-corrected chi connectivity index (χ3v) is 3.73. The zero-order chi connectivity index (χ0) is 15.4. The minimum absolute atomic E-state index is 0.457. The van der Waals surface area contributed by atoms with E-state index in [1.807, 2.05) is 42.5 Å². The molecule has 0 atom stereocenters. The summed E-state index contributed by atoms with van der Waals surface area (Å²) in [5, 5.41) is 0. The lowest BCUT2D eigenvalue weighted by Crippen LogP contribution is -2.04. The van der Waals surface area contributed by atoms with Gasteiger partial charge in [-0.25, -0.2) is 0 Å². The Kier molecular flexibility index (Phi) is 4.53. The molecule has 0 saturated heterocycles. The van der Waals surface area contributed by atoms with Crippen molar-refractivity contribution in [2.75, 3.05) is 7.11 Å². The predicted molar refractivity (Wildman–Crippen MR) is 85.5 cm³/mol. The van der Waals surface area contributed by atoms with Gasteiger partial charge in [0.15, 0.2) is 0 Å². The molecule has 1 aliphatic heterocycles. The minimum atomic E-state index is -0.469. The Morgan fingerprint density at radius 2 is 1.77 bits per heavy atom. The molecule has 0 fully saturated rings. The van der Waals surface area contributed by atoms with Gasteiger partial charge in [-0.15, -0.1) is 0 Å². The normalized spacial score (nSPS) is 13.5. The lowest BCUT2D eigenvalue weighted by molar-refractivity contribution is -0.0266. The van der Waals surface area contributed by atoms with Crippen molar-refractivity contribution in [1.82, 2.24) is 0 Å². The molecule has 2 aromatic rings. The smallest absolute Gasteiger partial charge is 0.269 e. The fourth-order valence-corrected chi connectivity index (χ4v) is 2.48. The molecule has 4 nitrogen and oxygen atoms in total. The first-order chi connectivity index (χ1) is 10.8. The van der Waals surface area contributed by atoms with Crippen molar-refractivity contribution in [3.05, 3.63) is 70.6 Å². The van der Waals surface area contributed by atoms with Crippen LogP contribution in [0.25, 0.3) is 0 Å². The van der Waals surface area contributed by atoms with Crippen LogP contribution in [0.2, 0.25) is 0 Å². The highest BCUT2D eigenvalue weighted by Gasteiger charge is 2.21. The molecule has 0 spiro atoms. The fourth-order valence-electron chi connectivity index (χ4n) is 2.10. The standard InChI is InChI=1S/C17H15BrO4/c1-19-14-5-2-12(3-6-14)11-22-16-7-4-13(18)10-15(16)17-20-8-9-21-17/h2-10,17H,11H2,1H3. The molecule has 3 rings (SSSR count). The van der Waals surface area contributed by atoms with Gasteiger partial charge in [0.2, 0.25) is 0 Å². The summed E-state index contributed by atoms with van der Waals surface area (Å²) in [6.45, 7) is 0.457. The van der Waals surface area contributed by atoms with Crippen LogP contribution in [0.3, 0.4) is 0 Å². The summed E-state index contributed by atoms with van der Waals surface area (Å²) >= 11 is 3.45. The van der Waals surface area contributed by atoms with Crippen molar-refractivity contribution in [1.29, 1.82) is 0 Å². The van der Waals surface area contributed by atoms with E-state index in [2.05, 4.69) is 15.9 Å². The second-order valence-corrected chi connectivity index (χ2v) is 5.61. The first kappa shape index (κ1) is 14.8. The van der Waals surface area contributed by atoms with Crippen LogP contribution in [-0.2, 0) is 16.1 Å². The first-order valence-electron chi connectivity index (χ1n) is 6.77. The molecule has 0 amide bonds. The number of benzene rings is 2. The average Bonchev–Trinajstić information content (AvgIpc) is 3.08. The number of ether oxygens (including phenoxy) is 4. The largest absolute Gasteiger partial charge is 0.497 e. The van der Waals surface area contributed by atoms with Crippen molar-refractivity contribution in [2.45, 2.75) is 12.9 Å². The molecule has 0 aromatic heterocycles. The zero-order valence-electron chi connectivity index (χ0n) is 12.0. The molecule has 0 radical (unpaired) electrons. The van der Waals surface area contributed by atoms with E-state index < -0.39 is 6.29 Å². The van der Waals surface area contributed by atoms with Gasteiger partial charge in [0, 0.05) is 4.47 Å². The van der Waals surface area contributed by atoms with E-state index in [0.29, 0.717) is 6.61 Å². The number of methoxy groups -OCH3 is 1. The Hall–Kier alpha value is -2.14. The Bertz CT molecular complexity index is 659. The summed E-state index contributed by atoms with van der Waals surface area (Å²) in [6.07, 6.45) is 2.58. The molecule has 0 saturated carbocycles. The van der Waals surface area contributed by atoms with Gasteiger partial charge < -0.3 is 18.9 Å². The van der Waals surface area contributed by atoms with E-state index in [-0.39, 0.29) is 0 Å². The molecule has 0 unspecified atom stereocenters. The Morgan fingerprint density at radius 3 is 2.45 bits per heavy atom. The third-order valence-electron chi connectivity index (χ3n) is 3.24. The number of hydrogen-bond acceptors (Lipinski definition) is 4. The molecule has 114 valence electrons. The van der Waals surface area contributed by atoms with Crippen LogP contribution in [0.1, 0.15) is 17.4 Å². The molecular weight excluding hydrogens is 348 g/mol. The van der Waals surface area contributed by atoms with Crippen molar-refractivity contribution >= 4 is 15.9 Å². The van der Waals surface area contributed by atoms with Crippen molar-refractivity contribution in [2.24, 2.45) is 0 Å². The van der Waals surface area contributed by atoms with Crippen LogP contribution in [0.5, 0.6) is 11.5 Å². The highest BCUT2D eigenvalue weighted by molar-refractivity contribution is 9.10. The summed E-state index contributed by atoms with van der Waals surface area (Å²) in [5.41, 5.74) is 1.90. The molecular formula is C17H15BrO4. The maximum absolute atomic E-state index is 5.91. The second-order valence-electron chi connectivity index (χ2n) is 4.70. The van der Waals surface area contributed by atoms with Gasteiger partial charge >= 0.3 is 0 Å². The van der Waals surface area contributed by atoms with E-state index in [1.54, 1.807) is 7.11 Å². The van der Waals surface area contributed by atoms with Crippen LogP contribution in [-0.4, -0.2) is 7.11 Å². The van der Waals surface area contributed by atoms with Gasteiger partial charge in [-0.2, -0.15) is 0 Å². The van der Waals surface area contributed by atoms with E-state index in [9.17, 15) is 0 Å². The summed E-state index contributed by atoms with van der Waals surface area (Å²) in [6, 6.07) is 13.5. The van der Waals surface area contributed by atoms with E-state index >= 15 is 0 Å². The van der Waals surface area contributed by atoms with Gasteiger partial charge in [-0.3, -0.25) is 0 Å². The summed E-state index contributed by atoms with van der Waals surface area (Å²) < 4.78 is 22.8. The minimum Gasteiger partial charge on any atom is -0.497 e. The van der Waals surface area contributed by atoms with Crippen LogP contribution in [0.15, 0.2) is 59.5 Å². The Morgan fingerprint density at radius 1 is 1.05 bits per heavy atom. The van der Waals surface area contributed by atoms with Gasteiger partial charge in [0.05, 0.1) is 12.7 Å². The highest BCUT2D eigenvalue weighted by Crippen LogP contribution is 2.34.